The number of amides is 2. The number of likely N-dealkylation sites (tertiary alicyclic amines) is 1. The number of alkyl carbamates (subject to hydrolysis) is 1. The first-order chi connectivity index (χ1) is 17.1. The van der Waals surface area contributed by atoms with Gasteiger partial charge in [-0.05, 0) is 11.1 Å². The monoisotopic (exact) mass is 494 g/mol. The van der Waals surface area contributed by atoms with Gasteiger partial charge in [0, 0.05) is 37.8 Å². The quantitative estimate of drug-likeness (QED) is 0.444. The summed E-state index contributed by atoms with van der Waals surface area (Å²) in [7, 11) is 0. The first-order valence-electron chi connectivity index (χ1n) is 12.2. The van der Waals surface area contributed by atoms with Crippen molar-refractivity contribution in [2.75, 3.05) is 13.1 Å². The van der Waals surface area contributed by atoms with Gasteiger partial charge in [0.05, 0.1) is 0 Å². The molecule has 1 heterocycles. The lowest BCUT2D eigenvalue weighted by Crippen LogP contribution is -2.52. The van der Waals surface area contributed by atoms with Gasteiger partial charge in [-0.2, -0.15) is 0 Å². The lowest BCUT2D eigenvalue weighted by molar-refractivity contribution is -0.163. The maximum Gasteiger partial charge on any atom is 0.408 e. The maximum absolute atomic E-state index is 13.4. The molecule has 0 aromatic heterocycles. The Kier molecular flexibility index (Phi) is 9.22. The van der Waals surface area contributed by atoms with Gasteiger partial charge in [-0.1, -0.05) is 81.4 Å². The Balaban J connectivity index is 1.58. The van der Waals surface area contributed by atoms with E-state index < -0.39 is 35.4 Å². The summed E-state index contributed by atoms with van der Waals surface area (Å²) in [5, 5.41) is 2.73. The zero-order valence-corrected chi connectivity index (χ0v) is 21.1. The molecule has 0 bridgehead atoms. The van der Waals surface area contributed by atoms with Gasteiger partial charge in [0.15, 0.2) is 0 Å². The van der Waals surface area contributed by atoms with Gasteiger partial charge >= 0.3 is 12.1 Å². The van der Waals surface area contributed by atoms with Crippen LogP contribution >= 0.6 is 0 Å². The number of piperidine rings is 1. The molecule has 1 N–H and O–H groups in total. The van der Waals surface area contributed by atoms with E-state index in [4.69, 9.17) is 9.47 Å². The molecule has 2 aromatic rings. The molecule has 0 radical (unpaired) electrons. The van der Waals surface area contributed by atoms with Crippen molar-refractivity contribution in [2.45, 2.75) is 58.8 Å². The molecule has 192 valence electrons. The average molecular weight is 495 g/mol. The summed E-state index contributed by atoms with van der Waals surface area (Å²) in [5.74, 6) is -1.63. The van der Waals surface area contributed by atoms with Gasteiger partial charge in [-0.15, -0.1) is 0 Å². The van der Waals surface area contributed by atoms with Crippen LogP contribution in [0.5, 0.6) is 0 Å². The van der Waals surface area contributed by atoms with Gasteiger partial charge in [-0.25, -0.2) is 9.59 Å². The Morgan fingerprint density at radius 3 is 2.03 bits per heavy atom. The zero-order valence-electron chi connectivity index (χ0n) is 21.1. The van der Waals surface area contributed by atoms with Gasteiger partial charge in [0.2, 0.25) is 11.7 Å². The number of nitrogens with zero attached hydrogens (tertiary/aromatic N) is 1. The third kappa shape index (κ3) is 7.93. The number of ether oxygens (including phenoxy) is 2. The van der Waals surface area contributed by atoms with Crippen LogP contribution in [0, 0.1) is 5.41 Å². The molecule has 1 aliphatic rings. The fourth-order valence-electron chi connectivity index (χ4n) is 3.88. The minimum Gasteiger partial charge on any atom is -0.456 e. The fourth-order valence-corrected chi connectivity index (χ4v) is 3.88. The molecule has 1 fully saturated rings. The first kappa shape index (κ1) is 26.9. The highest BCUT2D eigenvalue weighted by molar-refractivity contribution is 6.35. The average Bonchev–Trinajstić information content (AvgIpc) is 2.87. The molecule has 1 aliphatic heterocycles. The minimum atomic E-state index is -0.836. The van der Waals surface area contributed by atoms with E-state index in [0.717, 1.165) is 11.1 Å². The SMILES string of the molecule is CC(C)(C)C(=O)C(=O)OC1CCN(C(=O)[C@H](Cc2ccccc2)NC(=O)OCc2ccccc2)CC1. The predicted octanol–water partition coefficient (Wildman–Crippen LogP) is 3.67. The molecule has 3 rings (SSSR count). The lowest BCUT2D eigenvalue weighted by atomic mass is 9.91. The highest BCUT2D eigenvalue weighted by atomic mass is 16.6. The van der Waals surface area contributed by atoms with E-state index in [1.165, 1.54) is 0 Å². The molecule has 36 heavy (non-hydrogen) atoms. The molecule has 0 unspecified atom stereocenters. The van der Waals surface area contributed by atoms with Crippen LogP contribution in [0.4, 0.5) is 4.79 Å². The smallest absolute Gasteiger partial charge is 0.408 e. The van der Waals surface area contributed by atoms with Crippen LogP contribution in [0.25, 0.3) is 0 Å². The Morgan fingerprint density at radius 1 is 0.917 bits per heavy atom. The Hall–Kier alpha value is -3.68. The molecule has 0 saturated carbocycles. The van der Waals surface area contributed by atoms with Gasteiger partial charge in [0.25, 0.3) is 0 Å². The molecular weight excluding hydrogens is 460 g/mol. The van der Waals surface area contributed by atoms with Gasteiger partial charge in [-0.3, -0.25) is 9.59 Å². The Labute approximate surface area is 212 Å². The summed E-state index contributed by atoms with van der Waals surface area (Å²) in [6, 6.07) is 17.9. The molecule has 8 heteroatoms. The number of carbonyl (C=O) groups excluding carboxylic acids is 4. The van der Waals surface area contributed by atoms with Crippen LogP contribution in [-0.4, -0.2) is 53.9 Å². The minimum absolute atomic E-state index is 0.100. The number of esters is 1. The summed E-state index contributed by atoms with van der Waals surface area (Å²) in [4.78, 5) is 51.8. The number of rotatable bonds is 8. The Bertz CT molecular complexity index is 1040. The molecule has 0 spiro atoms. The van der Waals surface area contributed by atoms with Gasteiger partial charge in [0.1, 0.15) is 18.8 Å². The van der Waals surface area contributed by atoms with E-state index in [0.29, 0.717) is 32.4 Å². The summed E-state index contributed by atoms with van der Waals surface area (Å²) < 4.78 is 10.7. The molecule has 1 saturated heterocycles. The highest BCUT2D eigenvalue weighted by Crippen LogP contribution is 2.20. The standard InChI is InChI=1S/C28H34N2O6/c1-28(2,3)24(31)26(33)36-22-14-16-30(17-15-22)25(32)23(18-20-10-6-4-7-11-20)29-27(34)35-19-21-12-8-5-9-13-21/h4-13,22-23H,14-19H2,1-3H3,(H,29,34)/t23-/m0/s1. The van der Waals surface area contributed by atoms with Crippen molar-refractivity contribution in [3.8, 4) is 0 Å². The van der Waals surface area contributed by atoms with Crippen molar-refractivity contribution in [1.29, 1.82) is 0 Å². The van der Waals surface area contributed by atoms with Crippen molar-refractivity contribution in [3.05, 3.63) is 71.8 Å². The first-order valence-corrected chi connectivity index (χ1v) is 12.2. The van der Waals surface area contributed by atoms with Crippen molar-refractivity contribution in [3.63, 3.8) is 0 Å². The largest absolute Gasteiger partial charge is 0.456 e. The lowest BCUT2D eigenvalue weighted by Gasteiger charge is -2.34. The third-order valence-electron chi connectivity index (χ3n) is 5.98. The number of hydrogen-bond acceptors (Lipinski definition) is 6. The third-order valence-corrected chi connectivity index (χ3v) is 5.98. The van der Waals surface area contributed by atoms with Crippen LogP contribution in [0.3, 0.4) is 0 Å². The Morgan fingerprint density at radius 2 is 1.47 bits per heavy atom. The number of ketones is 1. The van der Waals surface area contributed by atoms with Crippen molar-refractivity contribution in [2.24, 2.45) is 5.41 Å². The second kappa shape index (κ2) is 12.3. The summed E-state index contributed by atoms with van der Waals surface area (Å²) in [6.45, 7) is 5.82. The normalized spacial score (nSPS) is 15.0. The fraction of sp³-hybridized carbons (Fsp3) is 0.429. The van der Waals surface area contributed by atoms with Crippen molar-refractivity contribution in [1.82, 2.24) is 10.2 Å². The predicted molar refractivity (Wildman–Crippen MR) is 134 cm³/mol. The maximum atomic E-state index is 13.4. The second-order valence-corrected chi connectivity index (χ2v) is 9.96. The van der Waals surface area contributed by atoms with E-state index in [-0.39, 0.29) is 12.5 Å². The summed E-state index contributed by atoms with van der Waals surface area (Å²) in [5.41, 5.74) is 0.947. The van der Waals surface area contributed by atoms with Crippen molar-refractivity contribution < 1.29 is 28.7 Å². The summed E-state index contributed by atoms with van der Waals surface area (Å²) in [6.07, 6.45) is 0.0632. The van der Waals surface area contributed by atoms with E-state index >= 15 is 0 Å². The van der Waals surface area contributed by atoms with Crippen LogP contribution in [-0.2, 0) is 36.9 Å². The number of Topliss-reactive ketones (excluding diaryl/α,β-unsaturated/α-hetero) is 1. The molecule has 0 aliphatic carbocycles. The van der Waals surface area contributed by atoms with Gasteiger partial charge < -0.3 is 19.7 Å². The van der Waals surface area contributed by atoms with Crippen molar-refractivity contribution >= 4 is 23.8 Å². The number of benzene rings is 2. The van der Waals surface area contributed by atoms with Crippen LogP contribution < -0.4 is 5.32 Å². The zero-order chi connectivity index (χ0) is 26.1. The number of hydrogen-bond donors (Lipinski definition) is 1. The molecule has 8 nitrogen and oxygen atoms in total. The topological polar surface area (TPSA) is 102 Å². The second-order valence-electron chi connectivity index (χ2n) is 9.96. The van der Waals surface area contributed by atoms with Crippen LogP contribution in [0.1, 0.15) is 44.7 Å². The molecule has 2 aromatic carbocycles. The summed E-state index contributed by atoms with van der Waals surface area (Å²) >= 11 is 0. The molecule has 1 atom stereocenters. The van der Waals surface area contributed by atoms with Crippen LogP contribution in [0.15, 0.2) is 60.7 Å². The van der Waals surface area contributed by atoms with E-state index in [9.17, 15) is 19.2 Å². The number of nitrogens with one attached hydrogen (secondary N) is 1. The van der Waals surface area contributed by atoms with E-state index in [1.54, 1.807) is 25.7 Å². The molecule has 2 amide bonds. The van der Waals surface area contributed by atoms with Crippen LogP contribution in [0.2, 0.25) is 0 Å². The molecular formula is C28H34N2O6. The highest BCUT2D eigenvalue weighted by Gasteiger charge is 2.34. The van der Waals surface area contributed by atoms with E-state index in [2.05, 4.69) is 5.32 Å². The number of carbonyl (C=O) groups is 4. The van der Waals surface area contributed by atoms with E-state index in [1.807, 2.05) is 60.7 Å².